The Morgan fingerprint density at radius 2 is 2.22 bits per heavy atom. The summed E-state index contributed by atoms with van der Waals surface area (Å²) in [4.78, 5) is 13.6. The molecule has 18 heavy (non-hydrogen) atoms. The lowest BCUT2D eigenvalue weighted by atomic mass is 9.96. The van der Waals surface area contributed by atoms with Crippen molar-refractivity contribution < 1.29 is 19.4 Å². The van der Waals surface area contributed by atoms with Crippen LogP contribution < -0.4 is 0 Å². The lowest BCUT2D eigenvalue weighted by Gasteiger charge is -2.34. The quantitative estimate of drug-likeness (QED) is 0.794. The third-order valence-electron chi connectivity index (χ3n) is 3.33. The summed E-state index contributed by atoms with van der Waals surface area (Å²) in [5, 5.41) is 18.7. The van der Waals surface area contributed by atoms with Crippen LogP contribution in [0.15, 0.2) is 18.2 Å². The van der Waals surface area contributed by atoms with E-state index in [1.54, 1.807) is 0 Å². The fraction of sp³-hybridized carbons (Fsp3) is 0.462. The van der Waals surface area contributed by atoms with Crippen LogP contribution in [0.2, 0.25) is 0 Å². The van der Waals surface area contributed by atoms with Crippen LogP contribution in [0.3, 0.4) is 0 Å². The summed E-state index contributed by atoms with van der Waals surface area (Å²) in [6.07, 6.45) is 0.103. The van der Waals surface area contributed by atoms with Crippen LogP contribution in [-0.4, -0.2) is 40.2 Å². The number of halogens is 1. The Bertz CT molecular complexity index is 464. The molecule has 2 N–H and O–H groups in total. The molecule has 1 aliphatic heterocycles. The van der Waals surface area contributed by atoms with Gasteiger partial charge in [-0.05, 0) is 24.5 Å². The first-order chi connectivity index (χ1) is 8.49. The topological polar surface area (TPSA) is 60.8 Å². The number of aliphatic hydroxyl groups excluding tert-OH is 1. The molecule has 1 aromatic carbocycles. The summed E-state index contributed by atoms with van der Waals surface area (Å²) >= 11 is 0. The maximum atomic E-state index is 13.6. The van der Waals surface area contributed by atoms with E-state index >= 15 is 0 Å². The first-order valence-electron chi connectivity index (χ1n) is 5.95. The number of hydrogen-bond donors (Lipinski definition) is 2. The van der Waals surface area contributed by atoms with E-state index in [2.05, 4.69) is 0 Å². The van der Waals surface area contributed by atoms with Crippen molar-refractivity contribution in [1.29, 1.82) is 0 Å². The molecule has 4 nitrogen and oxygen atoms in total. The summed E-state index contributed by atoms with van der Waals surface area (Å²) in [6, 6.07) is 3.50. The van der Waals surface area contributed by atoms with Crippen LogP contribution in [0.1, 0.15) is 23.7 Å². The van der Waals surface area contributed by atoms with Crippen LogP contribution >= 0.6 is 0 Å². The fourth-order valence-corrected chi connectivity index (χ4v) is 2.17. The highest BCUT2D eigenvalue weighted by Gasteiger charge is 2.28. The maximum Gasteiger partial charge on any atom is 0.256 e. The van der Waals surface area contributed by atoms with Gasteiger partial charge in [0.15, 0.2) is 0 Å². The molecule has 98 valence electrons. The molecule has 0 saturated carbocycles. The standard InChI is InChI=1S/C13H16FNO3/c1-8-7-15(5-4-12(8)17)13(18)10-3-2-9(16)6-11(10)14/h2-3,6,8,12,16-17H,4-5,7H2,1H3. The summed E-state index contributed by atoms with van der Waals surface area (Å²) in [7, 11) is 0. The van der Waals surface area contributed by atoms with E-state index in [0.29, 0.717) is 19.5 Å². The number of carbonyl (C=O) groups excluding carboxylic acids is 1. The molecule has 0 bridgehead atoms. The minimum absolute atomic E-state index is 0.0112. The van der Waals surface area contributed by atoms with Crippen molar-refractivity contribution in [2.24, 2.45) is 5.92 Å². The maximum absolute atomic E-state index is 13.6. The summed E-state index contributed by atoms with van der Waals surface area (Å²) in [6.45, 7) is 2.70. The highest BCUT2D eigenvalue weighted by Crippen LogP contribution is 2.21. The molecule has 1 aliphatic rings. The molecular weight excluding hydrogens is 237 g/mol. The van der Waals surface area contributed by atoms with Gasteiger partial charge >= 0.3 is 0 Å². The lowest BCUT2D eigenvalue weighted by Crippen LogP contribution is -2.45. The number of hydrogen-bond acceptors (Lipinski definition) is 3. The highest BCUT2D eigenvalue weighted by molar-refractivity contribution is 5.94. The number of phenols is 1. The van der Waals surface area contributed by atoms with Crippen LogP contribution in [-0.2, 0) is 0 Å². The molecule has 1 saturated heterocycles. The zero-order valence-corrected chi connectivity index (χ0v) is 10.1. The predicted octanol–water partition coefficient (Wildman–Crippen LogP) is 1.37. The monoisotopic (exact) mass is 253 g/mol. The average molecular weight is 253 g/mol. The van der Waals surface area contributed by atoms with Gasteiger partial charge in [0.25, 0.3) is 5.91 Å². The fourth-order valence-electron chi connectivity index (χ4n) is 2.17. The third-order valence-corrected chi connectivity index (χ3v) is 3.33. The van der Waals surface area contributed by atoms with E-state index in [4.69, 9.17) is 5.11 Å². The van der Waals surface area contributed by atoms with Gasteiger partial charge in [-0.25, -0.2) is 4.39 Å². The van der Waals surface area contributed by atoms with Crippen molar-refractivity contribution in [3.05, 3.63) is 29.6 Å². The number of rotatable bonds is 1. The van der Waals surface area contributed by atoms with E-state index < -0.39 is 17.8 Å². The molecule has 0 aromatic heterocycles. The van der Waals surface area contributed by atoms with Gasteiger partial charge in [0.1, 0.15) is 11.6 Å². The minimum Gasteiger partial charge on any atom is -0.508 e. The smallest absolute Gasteiger partial charge is 0.256 e. The number of benzene rings is 1. The Hall–Kier alpha value is -1.62. The van der Waals surface area contributed by atoms with Gasteiger partial charge in [0, 0.05) is 19.2 Å². The minimum atomic E-state index is -0.723. The van der Waals surface area contributed by atoms with Crippen molar-refractivity contribution in [3.8, 4) is 5.75 Å². The van der Waals surface area contributed by atoms with Crippen molar-refractivity contribution in [2.45, 2.75) is 19.4 Å². The van der Waals surface area contributed by atoms with Crippen LogP contribution in [0.25, 0.3) is 0 Å². The van der Waals surface area contributed by atoms with Crippen LogP contribution in [0.5, 0.6) is 5.75 Å². The van der Waals surface area contributed by atoms with Gasteiger partial charge in [-0.15, -0.1) is 0 Å². The Labute approximate surface area is 105 Å². The van der Waals surface area contributed by atoms with Gasteiger partial charge in [0.05, 0.1) is 11.7 Å². The number of likely N-dealkylation sites (tertiary alicyclic amines) is 1. The van der Waals surface area contributed by atoms with Crippen molar-refractivity contribution in [3.63, 3.8) is 0 Å². The van der Waals surface area contributed by atoms with E-state index in [1.165, 1.54) is 17.0 Å². The average Bonchev–Trinajstić information content (AvgIpc) is 2.32. The van der Waals surface area contributed by atoms with Gasteiger partial charge in [-0.2, -0.15) is 0 Å². The molecule has 1 heterocycles. The molecule has 1 aromatic rings. The van der Waals surface area contributed by atoms with Crippen LogP contribution in [0.4, 0.5) is 4.39 Å². The largest absolute Gasteiger partial charge is 0.508 e. The van der Waals surface area contributed by atoms with E-state index in [0.717, 1.165) is 6.07 Å². The van der Waals surface area contributed by atoms with Gasteiger partial charge < -0.3 is 15.1 Å². The molecule has 5 heteroatoms. The molecule has 0 spiro atoms. The molecule has 0 aliphatic carbocycles. The van der Waals surface area contributed by atoms with Crippen molar-refractivity contribution in [1.82, 2.24) is 4.90 Å². The van der Waals surface area contributed by atoms with E-state index in [1.807, 2.05) is 6.92 Å². The van der Waals surface area contributed by atoms with Crippen molar-refractivity contribution >= 4 is 5.91 Å². The van der Waals surface area contributed by atoms with Gasteiger partial charge in [-0.1, -0.05) is 6.92 Å². The third kappa shape index (κ3) is 2.46. The van der Waals surface area contributed by atoms with E-state index in [-0.39, 0.29) is 17.2 Å². The molecular formula is C13H16FNO3. The molecule has 0 radical (unpaired) electrons. The normalized spacial score (nSPS) is 24.1. The van der Waals surface area contributed by atoms with Gasteiger partial charge in [0.2, 0.25) is 0 Å². The van der Waals surface area contributed by atoms with E-state index in [9.17, 15) is 14.3 Å². The van der Waals surface area contributed by atoms with Crippen molar-refractivity contribution in [2.75, 3.05) is 13.1 Å². The number of aromatic hydroxyl groups is 1. The number of aliphatic hydroxyl groups is 1. The number of nitrogens with zero attached hydrogens (tertiary/aromatic N) is 1. The second kappa shape index (κ2) is 4.94. The first-order valence-corrected chi connectivity index (χ1v) is 5.95. The Balaban J connectivity index is 2.16. The summed E-state index contributed by atoms with van der Waals surface area (Å²) < 4.78 is 13.6. The second-order valence-corrected chi connectivity index (χ2v) is 4.75. The SMILES string of the molecule is CC1CN(C(=O)c2ccc(O)cc2F)CCC1O. The molecule has 2 unspecified atom stereocenters. The second-order valence-electron chi connectivity index (χ2n) is 4.75. The Kier molecular flexibility index (Phi) is 3.52. The number of carbonyl (C=O) groups is 1. The van der Waals surface area contributed by atoms with Gasteiger partial charge in [-0.3, -0.25) is 4.79 Å². The number of amides is 1. The number of phenolic OH excluding ortho intramolecular Hbond substituents is 1. The zero-order chi connectivity index (χ0) is 13.3. The molecule has 2 atom stereocenters. The molecule has 1 fully saturated rings. The van der Waals surface area contributed by atoms with Crippen LogP contribution in [0, 0.1) is 11.7 Å². The summed E-state index contributed by atoms with van der Waals surface area (Å²) in [5.74, 6) is -1.33. The Morgan fingerprint density at radius 1 is 1.50 bits per heavy atom. The molecule has 1 amide bonds. The number of piperidine rings is 1. The highest BCUT2D eigenvalue weighted by atomic mass is 19.1. The first kappa shape index (κ1) is 12.8. The Morgan fingerprint density at radius 3 is 2.83 bits per heavy atom. The lowest BCUT2D eigenvalue weighted by molar-refractivity contribution is 0.0295. The predicted molar refractivity (Wildman–Crippen MR) is 63.8 cm³/mol. The molecule has 2 rings (SSSR count). The zero-order valence-electron chi connectivity index (χ0n) is 10.1. The summed E-state index contributed by atoms with van der Waals surface area (Å²) in [5.41, 5.74) is -0.0450.